The largest absolute Gasteiger partial charge is 0.495 e. The third-order valence-corrected chi connectivity index (χ3v) is 8.24. The highest BCUT2D eigenvalue weighted by Gasteiger charge is 2.38. The van der Waals surface area contributed by atoms with Gasteiger partial charge in [0.05, 0.1) is 37.7 Å². The molecule has 0 spiro atoms. The van der Waals surface area contributed by atoms with Gasteiger partial charge in [-0.2, -0.15) is 13.2 Å². The molecule has 2 aliphatic rings. The van der Waals surface area contributed by atoms with Crippen LogP contribution in [-0.2, 0) is 23.9 Å². The number of esters is 1. The summed E-state index contributed by atoms with van der Waals surface area (Å²) in [6, 6.07) is 2.96. The number of amides is 3. The maximum Gasteiger partial charge on any atom is 0.422 e. The third-order valence-electron chi connectivity index (χ3n) is 8.24. The number of alkyl halides is 3. The Balaban J connectivity index is 0.000000261. The van der Waals surface area contributed by atoms with Crippen molar-refractivity contribution in [1.29, 1.82) is 0 Å². The highest BCUT2D eigenvalue weighted by Crippen LogP contribution is 2.36. The number of halogens is 3. The number of methoxy groups -OCH3 is 2. The number of nitrogens with two attached hydrogens (primary N) is 1. The number of aryl methyl sites for hydroxylation is 2. The normalized spacial score (nSPS) is 21.2. The summed E-state index contributed by atoms with van der Waals surface area (Å²) in [5, 5.41) is 0. The van der Waals surface area contributed by atoms with E-state index in [-0.39, 0.29) is 18.5 Å². The quantitative estimate of drug-likeness (QED) is 0.369. The summed E-state index contributed by atoms with van der Waals surface area (Å²) < 4.78 is 51.3. The van der Waals surface area contributed by atoms with Crippen LogP contribution in [0.25, 0.3) is 0 Å². The molecule has 0 aliphatic carbocycles. The minimum Gasteiger partial charge on any atom is -0.495 e. The number of primary amides is 1. The van der Waals surface area contributed by atoms with Crippen molar-refractivity contribution in [3.8, 4) is 11.5 Å². The van der Waals surface area contributed by atoms with Crippen molar-refractivity contribution in [1.82, 2.24) is 19.8 Å². The Kier molecular flexibility index (Phi) is 12.5. The minimum absolute atomic E-state index is 0.117. The Morgan fingerprint density at radius 2 is 1.23 bits per heavy atom. The summed E-state index contributed by atoms with van der Waals surface area (Å²) in [6.45, 7) is 6.59. The van der Waals surface area contributed by atoms with Crippen LogP contribution >= 0.6 is 0 Å². The SMILES string of the molecule is COc1cc(C2CCC(C)CN2C(=O)C(=O)OCC(F)(F)F)cnc1C.COc1cc(C2CCC(C)CN2C(=O)C(N)=O)cnc1C. The smallest absolute Gasteiger partial charge is 0.422 e. The van der Waals surface area contributed by atoms with Crippen molar-refractivity contribution in [2.24, 2.45) is 17.6 Å². The van der Waals surface area contributed by atoms with Gasteiger partial charge in [-0.05, 0) is 74.6 Å². The molecule has 2 fully saturated rings. The molecular weight excluding hydrogens is 623 g/mol. The molecule has 2 N–H and O–H groups in total. The standard InChI is InChI=1S/C17H21F3N2O4.C15H21N3O3/c1-10-4-5-13(12-6-14(25-3)11(2)21-7-12)22(8-10)15(23)16(24)26-9-17(18,19)20;1-9-4-5-12(18(8-9)15(20)14(16)19)11-6-13(21-3)10(2)17-7-11/h6-7,10,13H,4-5,8-9H2,1-3H3;6-7,9,12H,4-5,8H2,1-3H3,(H2,16,19). The maximum atomic E-state index is 12.4. The minimum atomic E-state index is -4.68. The summed E-state index contributed by atoms with van der Waals surface area (Å²) >= 11 is 0. The van der Waals surface area contributed by atoms with Crippen molar-refractivity contribution in [2.45, 2.75) is 71.6 Å². The van der Waals surface area contributed by atoms with Crippen LogP contribution in [0, 0.1) is 25.7 Å². The second kappa shape index (κ2) is 15.9. The van der Waals surface area contributed by atoms with Crippen molar-refractivity contribution < 1.29 is 46.6 Å². The van der Waals surface area contributed by atoms with E-state index in [4.69, 9.17) is 15.2 Å². The fraction of sp³-hybridized carbons (Fsp3) is 0.562. The zero-order chi connectivity index (χ0) is 35.1. The summed E-state index contributed by atoms with van der Waals surface area (Å²) in [5.74, 6) is -2.45. The number of nitrogens with zero attached hydrogens (tertiary/aromatic N) is 4. The van der Waals surface area contributed by atoms with E-state index in [0.717, 1.165) is 30.5 Å². The summed E-state index contributed by atoms with van der Waals surface area (Å²) in [7, 11) is 3.08. The molecule has 4 rings (SSSR count). The highest BCUT2D eigenvalue weighted by molar-refractivity contribution is 6.34. The van der Waals surface area contributed by atoms with Gasteiger partial charge in [-0.15, -0.1) is 0 Å². The van der Waals surface area contributed by atoms with Gasteiger partial charge in [0.1, 0.15) is 11.5 Å². The predicted molar refractivity (Wildman–Crippen MR) is 163 cm³/mol. The van der Waals surface area contributed by atoms with Gasteiger partial charge in [0.25, 0.3) is 0 Å². The van der Waals surface area contributed by atoms with Crippen LogP contribution < -0.4 is 15.2 Å². The molecule has 4 heterocycles. The molecule has 4 unspecified atom stereocenters. The average Bonchev–Trinajstić information content (AvgIpc) is 3.03. The van der Waals surface area contributed by atoms with E-state index in [1.54, 1.807) is 37.4 Å². The fourth-order valence-electron chi connectivity index (χ4n) is 5.75. The number of hydrogen-bond acceptors (Lipinski definition) is 9. The van der Waals surface area contributed by atoms with Crippen LogP contribution in [0.15, 0.2) is 24.5 Å². The van der Waals surface area contributed by atoms with Crippen LogP contribution in [0.2, 0.25) is 0 Å². The number of hydrogen-bond donors (Lipinski definition) is 1. The number of carbonyl (C=O) groups excluding carboxylic acids is 4. The van der Waals surface area contributed by atoms with E-state index in [2.05, 4.69) is 21.6 Å². The van der Waals surface area contributed by atoms with E-state index in [1.807, 2.05) is 19.9 Å². The molecule has 4 atom stereocenters. The molecule has 0 aromatic carbocycles. The first-order valence-electron chi connectivity index (χ1n) is 15.2. The molecule has 0 saturated carbocycles. The number of likely N-dealkylation sites (tertiary alicyclic amines) is 2. The average molecular weight is 666 g/mol. The Labute approximate surface area is 271 Å². The highest BCUT2D eigenvalue weighted by atomic mass is 19.4. The number of carbonyl (C=O) groups is 4. The van der Waals surface area contributed by atoms with Crippen molar-refractivity contribution in [2.75, 3.05) is 33.9 Å². The number of rotatable bonds is 5. The Morgan fingerprint density at radius 3 is 1.62 bits per heavy atom. The van der Waals surface area contributed by atoms with Gasteiger partial charge in [0.15, 0.2) is 6.61 Å². The zero-order valence-electron chi connectivity index (χ0n) is 27.4. The van der Waals surface area contributed by atoms with Crippen LogP contribution in [0.4, 0.5) is 13.2 Å². The lowest BCUT2D eigenvalue weighted by Gasteiger charge is -2.38. The molecule has 0 bridgehead atoms. The Morgan fingerprint density at radius 1 is 0.809 bits per heavy atom. The van der Waals surface area contributed by atoms with Gasteiger partial charge in [-0.3, -0.25) is 24.4 Å². The zero-order valence-corrected chi connectivity index (χ0v) is 27.4. The van der Waals surface area contributed by atoms with Gasteiger partial charge >= 0.3 is 29.9 Å². The summed E-state index contributed by atoms with van der Waals surface area (Å²) in [4.78, 5) is 58.8. The molecule has 47 heavy (non-hydrogen) atoms. The van der Waals surface area contributed by atoms with E-state index >= 15 is 0 Å². The first-order chi connectivity index (χ1) is 22.1. The van der Waals surface area contributed by atoms with Crippen molar-refractivity contribution in [3.63, 3.8) is 0 Å². The first-order valence-corrected chi connectivity index (χ1v) is 15.2. The van der Waals surface area contributed by atoms with Crippen LogP contribution in [-0.4, -0.2) is 83.6 Å². The number of piperidine rings is 2. The van der Waals surface area contributed by atoms with Gasteiger partial charge in [0.2, 0.25) is 0 Å². The van der Waals surface area contributed by atoms with Crippen molar-refractivity contribution in [3.05, 3.63) is 47.0 Å². The first kappa shape index (κ1) is 37.0. The van der Waals surface area contributed by atoms with Gasteiger partial charge in [0, 0.05) is 25.5 Å². The van der Waals surface area contributed by atoms with Gasteiger partial charge in [-0.25, -0.2) is 4.79 Å². The van der Waals surface area contributed by atoms with E-state index in [9.17, 15) is 32.3 Å². The van der Waals surface area contributed by atoms with Gasteiger partial charge < -0.3 is 29.7 Å². The van der Waals surface area contributed by atoms with E-state index in [1.165, 1.54) is 12.0 Å². The third kappa shape index (κ3) is 9.78. The molecule has 2 saturated heterocycles. The number of aromatic nitrogens is 2. The maximum absolute atomic E-state index is 12.4. The molecular formula is C32H42F3N5O7. The molecule has 2 aromatic heterocycles. The monoisotopic (exact) mass is 665 g/mol. The van der Waals surface area contributed by atoms with E-state index in [0.29, 0.717) is 41.6 Å². The van der Waals surface area contributed by atoms with Crippen LogP contribution in [0.5, 0.6) is 11.5 Å². The molecule has 258 valence electrons. The lowest BCUT2D eigenvalue weighted by atomic mass is 9.90. The van der Waals surface area contributed by atoms with Crippen molar-refractivity contribution >= 4 is 23.7 Å². The lowest BCUT2D eigenvalue weighted by Crippen LogP contribution is -2.46. The van der Waals surface area contributed by atoms with Crippen LogP contribution in [0.1, 0.15) is 74.1 Å². The predicted octanol–water partition coefficient (Wildman–Crippen LogP) is 3.99. The molecule has 2 aliphatic heterocycles. The number of ether oxygens (including phenoxy) is 3. The fourth-order valence-corrected chi connectivity index (χ4v) is 5.75. The second-order valence-electron chi connectivity index (χ2n) is 12.0. The lowest BCUT2D eigenvalue weighted by molar-refractivity contribution is -0.190. The number of pyridine rings is 2. The van der Waals surface area contributed by atoms with E-state index < -0.39 is 42.5 Å². The Hall–Kier alpha value is -4.43. The molecule has 15 heteroatoms. The molecule has 2 aromatic rings. The summed E-state index contributed by atoms with van der Waals surface area (Å²) in [6.07, 6.45) is 1.78. The van der Waals surface area contributed by atoms with Crippen LogP contribution in [0.3, 0.4) is 0 Å². The Bertz CT molecular complexity index is 1450. The van der Waals surface area contributed by atoms with Gasteiger partial charge in [-0.1, -0.05) is 13.8 Å². The molecule has 0 radical (unpaired) electrons. The molecule has 3 amide bonds. The molecule has 12 nitrogen and oxygen atoms in total. The topological polar surface area (TPSA) is 154 Å². The summed E-state index contributed by atoms with van der Waals surface area (Å²) in [5.41, 5.74) is 8.16. The second-order valence-corrected chi connectivity index (χ2v) is 12.0.